The number of aryl methyl sites for hydroxylation is 1. The molecule has 0 spiro atoms. The minimum absolute atomic E-state index is 0.0562. The summed E-state index contributed by atoms with van der Waals surface area (Å²) < 4.78 is 7.18. The largest absolute Gasteiger partial charge is 0.497 e. The first-order valence-electron chi connectivity index (χ1n) is 7.19. The highest BCUT2D eigenvalue weighted by atomic mass is 16.5. The first-order chi connectivity index (χ1) is 10.2. The fourth-order valence-corrected chi connectivity index (χ4v) is 2.29. The van der Waals surface area contributed by atoms with Crippen LogP contribution in [-0.2, 0) is 13.6 Å². The summed E-state index contributed by atoms with van der Waals surface area (Å²) in [6.07, 6.45) is 2.93. The van der Waals surface area contributed by atoms with E-state index in [9.17, 15) is 4.79 Å². The lowest BCUT2D eigenvalue weighted by molar-refractivity contribution is 0.0740. The maximum atomic E-state index is 12.6. The van der Waals surface area contributed by atoms with Gasteiger partial charge in [0, 0.05) is 31.0 Å². The number of carbonyl (C=O) groups excluding carboxylic acids is 1. The number of aromatic nitrogens is 1. The van der Waals surface area contributed by atoms with Gasteiger partial charge in [-0.1, -0.05) is 6.92 Å². The summed E-state index contributed by atoms with van der Waals surface area (Å²) in [4.78, 5) is 14.5. The second-order valence-electron chi connectivity index (χ2n) is 5.07. The molecule has 0 saturated heterocycles. The molecule has 0 radical (unpaired) electrons. The van der Waals surface area contributed by atoms with E-state index in [1.54, 1.807) is 7.11 Å². The molecule has 0 fully saturated rings. The van der Waals surface area contributed by atoms with Crippen molar-refractivity contribution in [3.63, 3.8) is 0 Å². The highest BCUT2D eigenvalue weighted by Gasteiger charge is 2.16. The number of carbonyl (C=O) groups is 1. The van der Waals surface area contributed by atoms with Crippen LogP contribution in [0.2, 0.25) is 0 Å². The smallest absolute Gasteiger partial charge is 0.254 e. The zero-order valence-corrected chi connectivity index (χ0v) is 12.9. The van der Waals surface area contributed by atoms with Crippen molar-refractivity contribution in [2.75, 3.05) is 13.7 Å². The molecule has 1 aromatic carbocycles. The number of nitrogens with zero attached hydrogens (tertiary/aromatic N) is 2. The van der Waals surface area contributed by atoms with Crippen LogP contribution in [-0.4, -0.2) is 29.0 Å². The maximum absolute atomic E-state index is 12.6. The third-order valence-corrected chi connectivity index (χ3v) is 3.52. The van der Waals surface area contributed by atoms with Crippen molar-refractivity contribution >= 4 is 5.91 Å². The van der Waals surface area contributed by atoms with Gasteiger partial charge in [-0.05, 0) is 42.8 Å². The van der Waals surface area contributed by atoms with Gasteiger partial charge in [-0.3, -0.25) is 4.79 Å². The summed E-state index contributed by atoms with van der Waals surface area (Å²) in [5.74, 6) is 0.816. The minimum Gasteiger partial charge on any atom is -0.497 e. The molecule has 21 heavy (non-hydrogen) atoms. The summed E-state index contributed by atoms with van der Waals surface area (Å²) in [6, 6.07) is 11.3. The Balaban J connectivity index is 2.16. The van der Waals surface area contributed by atoms with E-state index in [4.69, 9.17) is 4.74 Å². The van der Waals surface area contributed by atoms with Crippen LogP contribution in [0.5, 0.6) is 5.75 Å². The molecule has 112 valence electrons. The van der Waals surface area contributed by atoms with Crippen LogP contribution in [0, 0.1) is 0 Å². The molecule has 2 aromatic rings. The molecule has 4 nitrogen and oxygen atoms in total. The molecule has 0 unspecified atom stereocenters. The molecule has 1 heterocycles. The van der Waals surface area contributed by atoms with Crippen LogP contribution in [0.15, 0.2) is 42.6 Å². The third kappa shape index (κ3) is 3.66. The molecule has 0 atom stereocenters. The van der Waals surface area contributed by atoms with Crippen molar-refractivity contribution in [2.24, 2.45) is 7.05 Å². The van der Waals surface area contributed by atoms with E-state index in [1.807, 2.05) is 59.1 Å². The maximum Gasteiger partial charge on any atom is 0.254 e. The Hall–Kier alpha value is -2.23. The Labute approximate surface area is 125 Å². The predicted molar refractivity (Wildman–Crippen MR) is 83.4 cm³/mol. The van der Waals surface area contributed by atoms with Gasteiger partial charge in [-0.25, -0.2) is 0 Å². The molecule has 0 N–H and O–H groups in total. The SMILES string of the molecule is CCCN(Cc1cccn1C)C(=O)c1ccc(OC)cc1. The Morgan fingerprint density at radius 3 is 2.48 bits per heavy atom. The molecule has 0 saturated carbocycles. The van der Waals surface area contributed by atoms with Gasteiger partial charge in [0.1, 0.15) is 5.75 Å². The molecule has 0 aliphatic heterocycles. The highest BCUT2D eigenvalue weighted by molar-refractivity contribution is 5.94. The van der Waals surface area contributed by atoms with Crippen molar-refractivity contribution in [1.82, 2.24) is 9.47 Å². The van der Waals surface area contributed by atoms with Gasteiger partial charge >= 0.3 is 0 Å². The first kappa shape index (κ1) is 15.2. The number of hydrogen-bond acceptors (Lipinski definition) is 2. The predicted octanol–water partition coefficient (Wildman–Crippen LogP) is 3.09. The van der Waals surface area contributed by atoms with Crippen LogP contribution >= 0.6 is 0 Å². The van der Waals surface area contributed by atoms with Crippen LogP contribution in [0.3, 0.4) is 0 Å². The topological polar surface area (TPSA) is 34.5 Å². The standard InChI is InChI=1S/C17H22N2O2/c1-4-11-19(13-15-6-5-12-18(15)2)17(20)14-7-9-16(21-3)10-8-14/h5-10,12H,4,11,13H2,1-3H3. The van der Waals surface area contributed by atoms with Crippen LogP contribution in [0.1, 0.15) is 29.4 Å². The lowest BCUT2D eigenvalue weighted by atomic mass is 10.2. The summed E-state index contributed by atoms with van der Waals surface area (Å²) in [7, 11) is 3.62. The molecular formula is C17H22N2O2. The average molecular weight is 286 g/mol. The zero-order chi connectivity index (χ0) is 15.2. The molecular weight excluding hydrogens is 264 g/mol. The van der Waals surface area contributed by atoms with Crippen molar-refractivity contribution in [2.45, 2.75) is 19.9 Å². The zero-order valence-electron chi connectivity index (χ0n) is 12.9. The number of amides is 1. The van der Waals surface area contributed by atoms with E-state index >= 15 is 0 Å². The Kier molecular flexibility index (Phi) is 5.04. The molecule has 1 aromatic heterocycles. The van der Waals surface area contributed by atoms with E-state index in [1.165, 1.54) is 0 Å². The van der Waals surface area contributed by atoms with Gasteiger partial charge in [0.15, 0.2) is 0 Å². The van der Waals surface area contributed by atoms with Crippen LogP contribution in [0.25, 0.3) is 0 Å². The Morgan fingerprint density at radius 2 is 1.95 bits per heavy atom. The monoisotopic (exact) mass is 286 g/mol. The third-order valence-electron chi connectivity index (χ3n) is 3.52. The number of hydrogen-bond donors (Lipinski definition) is 0. The van der Waals surface area contributed by atoms with Gasteiger partial charge < -0.3 is 14.2 Å². The van der Waals surface area contributed by atoms with Crippen molar-refractivity contribution in [1.29, 1.82) is 0 Å². The highest BCUT2D eigenvalue weighted by Crippen LogP contribution is 2.15. The van der Waals surface area contributed by atoms with Crippen LogP contribution in [0.4, 0.5) is 0 Å². The van der Waals surface area contributed by atoms with Gasteiger partial charge in [0.05, 0.1) is 13.7 Å². The number of methoxy groups -OCH3 is 1. The van der Waals surface area contributed by atoms with Gasteiger partial charge in [0.2, 0.25) is 0 Å². The summed E-state index contributed by atoms with van der Waals surface area (Å²) in [5, 5.41) is 0. The molecule has 0 bridgehead atoms. The van der Waals surface area contributed by atoms with Crippen LogP contribution < -0.4 is 4.74 Å². The number of benzene rings is 1. The lowest BCUT2D eigenvalue weighted by Crippen LogP contribution is -2.31. The van der Waals surface area contributed by atoms with E-state index < -0.39 is 0 Å². The minimum atomic E-state index is 0.0562. The van der Waals surface area contributed by atoms with E-state index in [2.05, 4.69) is 6.92 Å². The normalized spacial score (nSPS) is 10.4. The quantitative estimate of drug-likeness (QED) is 0.818. The molecule has 0 aliphatic carbocycles. The molecule has 1 amide bonds. The lowest BCUT2D eigenvalue weighted by Gasteiger charge is -2.22. The van der Waals surface area contributed by atoms with Gasteiger partial charge in [-0.15, -0.1) is 0 Å². The molecule has 4 heteroatoms. The van der Waals surface area contributed by atoms with Crippen molar-refractivity contribution in [3.05, 3.63) is 53.9 Å². The first-order valence-corrected chi connectivity index (χ1v) is 7.19. The van der Waals surface area contributed by atoms with E-state index in [-0.39, 0.29) is 5.91 Å². The molecule has 0 aliphatic rings. The number of rotatable bonds is 6. The average Bonchev–Trinajstić information content (AvgIpc) is 2.91. The summed E-state index contributed by atoms with van der Waals surface area (Å²) in [6.45, 7) is 3.46. The van der Waals surface area contributed by atoms with Crippen molar-refractivity contribution in [3.8, 4) is 5.75 Å². The van der Waals surface area contributed by atoms with Gasteiger partial charge in [0.25, 0.3) is 5.91 Å². The fourth-order valence-electron chi connectivity index (χ4n) is 2.29. The Morgan fingerprint density at radius 1 is 1.24 bits per heavy atom. The van der Waals surface area contributed by atoms with Gasteiger partial charge in [-0.2, -0.15) is 0 Å². The molecule has 2 rings (SSSR count). The van der Waals surface area contributed by atoms with E-state index in [0.717, 1.165) is 24.4 Å². The Bertz CT molecular complexity index is 587. The second-order valence-corrected chi connectivity index (χ2v) is 5.07. The number of ether oxygens (including phenoxy) is 1. The fraction of sp³-hybridized carbons (Fsp3) is 0.353. The second kappa shape index (κ2) is 6.97. The summed E-state index contributed by atoms with van der Waals surface area (Å²) >= 11 is 0. The van der Waals surface area contributed by atoms with E-state index in [0.29, 0.717) is 12.1 Å². The summed E-state index contributed by atoms with van der Waals surface area (Å²) in [5.41, 5.74) is 1.82. The van der Waals surface area contributed by atoms with Crippen molar-refractivity contribution < 1.29 is 9.53 Å².